The van der Waals surface area contributed by atoms with Gasteiger partial charge in [0.2, 0.25) is 0 Å². The van der Waals surface area contributed by atoms with Crippen molar-refractivity contribution in [2.24, 2.45) is 0 Å². The van der Waals surface area contributed by atoms with Crippen molar-refractivity contribution >= 4 is 24.2 Å². The third-order valence-corrected chi connectivity index (χ3v) is 2.46. The Morgan fingerprint density at radius 2 is 1.42 bits per heavy atom. The number of hydrogen-bond donors (Lipinski definition) is 0. The Bertz CT molecular complexity index is 497. The molecule has 0 saturated carbocycles. The van der Waals surface area contributed by atoms with Gasteiger partial charge in [-0.15, -0.1) is 0 Å². The van der Waals surface area contributed by atoms with Crippen LogP contribution in [0.25, 0.3) is 0 Å². The van der Waals surface area contributed by atoms with Crippen LogP contribution in [-0.4, -0.2) is 31.3 Å². The molecule has 2 rings (SSSR count). The van der Waals surface area contributed by atoms with Crippen LogP contribution in [0.2, 0.25) is 0 Å². The predicted octanol–water partition coefficient (Wildman–Crippen LogP) is -0.521. The largest absolute Gasteiger partial charge is 0.465 e. The molecule has 0 saturated heterocycles. The molecule has 2 aromatic rings. The molecule has 4 N–H and O–H groups in total. The molecule has 5 heteroatoms. The van der Waals surface area contributed by atoms with Crippen molar-refractivity contribution in [3.8, 4) is 0 Å². The molecule has 0 aliphatic heterocycles. The van der Waals surface area contributed by atoms with Gasteiger partial charge in [-0.1, -0.05) is 53.4 Å². The van der Waals surface area contributed by atoms with E-state index < -0.39 is 0 Å². The van der Waals surface area contributed by atoms with Gasteiger partial charge >= 0.3 is 5.97 Å². The summed E-state index contributed by atoms with van der Waals surface area (Å²) in [6, 6.07) is 17.4. The molecule has 1 radical (unpaired) electrons. The minimum Gasteiger partial charge on any atom is -0.465 e. The van der Waals surface area contributed by atoms with Crippen LogP contribution in [-0.2, 0) is 4.74 Å². The fourth-order valence-electron chi connectivity index (χ4n) is 1.57. The summed E-state index contributed by atoms with van der Waals surface area (Å²) in [5.41, 5.74) is 2.76. The molecule has 0 bridgehead atoms. The number of esters is 1. The van der Waals surface area contributed by atoms with Crippen molar-refractivity contribution in [1.82, 2.24) is 0 Å². The van der Waals surface area contributed by atoms with E-state index in [-0.39, 0.29) is 16.9 Å². The molecule has 19 heavy (non-hydrogen) atoms. The van der Waals surface area contributed by atoms with E-state index in [1.54, 1.807) is 12.1 Å². The lowest BCUT2D eigenvalue weighted by molar-refractivity contribution is 0.0601. The summed E-state index contributed by atoms with van der Waals surface area (Å²) in [5.74, 6) is -0.309. The zero-order valence-corrected chi connectivity index (χ0v) is 10.6. The Kier molecular flexibility index (Phi) is 7.18. The van der Waals surface area contributed by atoms with Crippen LogP contribution < -0.4 is 10.9 Å². The maximum atomic E-state index is 11.3. The molecule has 0 aromatic heterocycles. The highest BCUT2D eigenvalue weighted by atomic mass is 16.5. The highest BCUT2D eigenvalue weighted by Gasteiger charge is 2.04. The van der Waals surface area contributed by atoms with Crippen LogP contribution in [0.1, 0.15) is 10.4 Å². The van der Waals surface area contributed by atoms with E-state index in [1.807, 2.05) is 42.5 Å². The lowest BCUT2D eigenvalue weighted by Gasteiger charge is -2.02. The Morgan fingerprint density at radius 3 is 1.95 bits per heavy atom. The standard InChI is InChI=1S/C14H12BO2.2H2O/c1-17-14(16)11-7-9-13(10-8-11)15-12-5-3-2-4-6-12;;/h2-10H,1H3;2*1H2. The SMILES string of the molecule is COC(=O)c1ccc([B]c2ccccc2)cc1.O.O. The fourth-order valence-corrected chi connectivity index (χ4v) is 1.57. The molecule has 4 nitrogen and oxygen atoms in total. The van der Waals surface area contributed by atoms with Crippen LogP contribution in [0, 0.1) is 0 Å². The van der Waals surface area contributed by atoms with Crippen molar-refractivity contribution in [3.05, 3.63) is 60.2 Å². The molecule has 0 aliphatic rings. The summed E-state index contributed by atoms with van der Waals surface area (Å²) in [6.07, 6.45) is 0. The van der Waals surface area contributed by atoms with Gasteiger partial charge in [0.1, 0.15) is 0 Å². The number of carbonyl (C=O) groups is 1. The predicted molar refractivity (Wildman–Crippen MR) is 76.5 cm³/mol. The summed E-state index contributed by atoms with van der Waals surface area (Å²) in [4.78, 5) is 11.3. The van der Waals surface area contributed by atoms with Gasteiger partial charge in [0.15, 0.2) is 7.28 Å². The zero-order valence-electron chi connectivity index (χ0n) is 10.6. The summed E-state index contributed by atoms with van der Waals surface area (Å²) in [7, 11) is 3.44. The number of carbonyl (C=O) groups excluding carboxylic acids is 1. The average molecular weight is 259 g/mol. The first-order valence-corrected chi connectivity index (χ1v) is 5.38. The molecule has 0 aliphatic carbocycles. The van der Waals surface area contributed by atoms with Crippen LogP contribution in [0.4, 0.5) is 0 Å². The quantitative estimate of drug-likeness (QED) is 0.548. The molecule has 0 atom stereocenters. The first-order chi connectivity index (χ1) is 8.29. The van der Waals surface area contributed by atoms with Gasteiger partial charge < -0.3 is 15.7 Å². The molecule has 99 valence electrons. The van der Waals surface area contributed by atoms with Gasteiger partial charge in [-0.25, -0.2) is 4.79 Å². The van der Waals surface area contributed by atoms with Crippen LogP contribution >= 0.6 is 0 Å². The Morgan fingerprint density at radius 1 is 0.895 bits per heavy atom. The normalized spacial score (nSPS) is 8.68. The monoisotopic (exact) mass is 259 g/mol. The van der Waals surface area contributed by atoms with Crippen molar-refractivity contribution in [3.63, 3.8) is 0 Å². The average Bonchev–Trinajstić information content (AvgIpc) is 2.40. The van der Waals surface area contributed by atoms with Crippen LogP contribution in [0.15, 0.2) is 54.6 Å². The van der Waals surface area contributed by atoms with E-state index in [4.69, 9.17) is 0 Å². The van der Waals surface area contributed by atoms with Gasteiger partial charge in [-0.2, -0.15) is 0 Å². The molecule has 0 fully saturated rings. The highest BCUT2D eigenvalue weighted by molar-refractivity contribution is 6.67. The van der Waals surface area contributed by atoms with E-state index in [9.17, 15) is 4.79 Å². The first kappa shape index (κ1) is 16.9. The maximum absolute atomic E-state index is 11.3. The van der Waals surface area contributed by atoms with E-state index in [2.05, 4.69) is 12.0 Å². The third-order valence-electron chi connectivity index (χ3n) is 2.46. The summed E-state index contributed by atoms with van der Waals surface area (Å²) >= 11 is 0. The second kappa shape index (κ2) is 8.08. The topological polar surface area (TPSA) is 89.3 Å². The van der Waals surface area contributed by atoms with E-state index in [0.29, 0.717) is 5.56 Å². The number of benzene rings is 2. The van der Waals surface area contributed by atoms with Gasteiger partial charge in [0, 0.05) is 0 Å². The molecule has 0 heterocycles. The van der Waals surface area contributed by atoms with Gasteiger partial charge in [-0.05, 0) is 12.1 Å². The van der Waals surface area contributed by atoms with Crippen LogP contribution in [0.3, 0.4) is 0 Å². The lowest BCUT2D eigenvalue weighted by Crippen LogP contribution is -2.26. The highest BCUT2D eigenvalue weighted by Crippen LogP contribution is 1.98. The Hall–Kier alpha value is -2.11. The molecule has 0 unspecified atom stereocenters. The van der Waals surface area contributed by atoms with Crippen molar-refractivity contribution in [2.75, 3.05) is 7.11 Å². The molecular weight excluding hydrogens is 243 g/mol. The van der Waals surface area contributed by atoms with Gasteiger partial charge in [-0.3, -0.25) is 0 Å². The summed E-state index contributed by atoms with van der Waals surface area (Å²) in [6.45, 7) is 0. The van der Waals surface area contributed by atoms with E-state index in [0.717, 1.165) is 10.9 Å². The second-order valence-electron chi connectivity index (χ2n) is 3.67. The number of hydrogen-bond acceptors (Lipinski definition) is 2. The van der Waals surface area contributed by atoms with Crippen LogP contribution in [0.5, 0.6) is 0 Å². The maximum Gasteiger partial charge on any atom is 0.337 e. The molecule has 2 aromatic carbocycles. The number of ether oxygens (including phenoxy) is 1. The molecular formula is C14H16BO4. The first-order valence-electron chi connectivity index (χ1n) is 5.38. The molecule has 0 spiro atoms. The van der Waals surface area contributed by atoms with Gasteiger partial charge in [0.25, 0.3) is 0 Å². The Labute approximate surface area is 112 Å². The Balaban J connectivity index is 0.00000162. The van der Waals surface area contributed by atoms with E-state index >= 15 is 0 Å². The van der Waals surface area contributed by atoms with E-state index in [1.165, 1.54) is 7.11 Å². The number of rotatable bonds is 3. The zero-order chi connectivity index (χ0) is 12.1. The van der Waals surface area contributed by atoms with Crippen molar-refractivity contribution in [1.29, 1.82) is 0 Å². The smallest absolute Gasteiger partial charge is 0.337 e. The fraction of sp³-hybridized carbons (Fsp3) is 0.0714. The lowest BCUT2D eigenvalue weighted by atomic mass is 9.64. The van der Waals surface area contributed by atoms with Gasteiger partial charge in [0.05, 0.1) is 12.7 Å². The summed E-state index contributed by atoms with van der Waals surface area (Å²) in [5, 5.41) is 0. The van der Waals surface area contributed by atoms with Crippen molar-refractivity contribution in [2.45, 2.75) is 0 Å². The summed E-state index contributed by atoms with van der Waals surface area (Å²) < 4.78 is 4.65. The molecule has 0 amide bonds. The third kappa shape index (κ3) is 4.58. The minimum absolute atomic E-state index is 0. The number of methoxy groups -OCH3 is 1. The second-order valence-corrected chi connectivity index (χ2v) is 3.67. The minimum atomic E-state index is -0.309. The van der Waals surface area contributed by atoms with Crippen molar-refractivity contribution < 1.29 is 20.5 Å².